The molecule has 10 heteroatoms. The Hall–Kier alpha value is -5.51. The molecule has 0 atom stereocenters. The van der Waals surface area contributed by atoms with Crippen LogP contribution >= 0.6 is 0 Å². The summed E-state index contributed by atoms with van der Waals surface area (Å²) in [4.78, 5) is 10.9. The first kappa shape index (κ1) is 69.6. The first-order valence-corrected chi connectivity index (χ1v) is 35.2. The third kappa shape index (κ3) is 26.8. The Morgan fingerprint density at radius 3 is 0.942 bits per heavy atom. The minimum atomic E-state index is -0.326. The van der Waals surface area contributed by atoms with Gasteiger partial charge in [-0.2, -0.15) is 0 Å². The highest BCUT2D eigenvalue weighted by atomic mass is 19.1. The van der Waals surface area contributed by atoms with Crippen molar-refractivity contribution in [1.82, 2.24) is 20.2 Å². The highest BCUT2D eigenvalue weighted by molar-refractivity contribution is 5.89. The Kier molecular flexibility index (Phi) is 35.6. The summed E-state index contributed by atoms with van der Waals surface area (Å²) in [6.07, 6.45) is 50.8. The Morgan fingerprint density at radius 2 is 0.581 bits per heavy atom. The summed E-state index contributed by atoms with van der Waals surface area (Å²) in [7, 11) is 0. The van der Waals surface area contributed by atoms with E-state index >= 15 is 0 Å². The van der Waals surface area contributed by atoms with Crippen LogP contribution in [0.1, 0.15) is 285 Å². The first-order valence-electron chi connectivity index (χ1n) is 35.2. The van der Waals surface area contributed by atoms with E-state index in [2.05, 4.69) is 74.3 Å². The summed E-state index contributed by atoms with van der Waals surface area (Å²) in [5.74, 6) is 3.30. The van der Waals surface area contributed by atoms with E-state index in [4.69, 9.17) is 33.3 Å². The van der Waals surface area contributed by atoms with Crippen molar-refractivity contribution >= 4 is 11.0 Å². The van der Waals surface area contributed by atoms with Crippen LogP contribution in [0.4, 0.5) is 4.39 Å². The fourth-order valence-electron chi connectivity index (χ4n) is 11.5. The number of ether oxygens (including phenoxy) is 4. The maximum absolute atomic E-state index is 13.8. The first-order chi connectivity index (χ1) is 42.5. The Balaban J connectivity index is 1.27. The maximum atomic E-state index is 13.8. The lowest BCUT2D eigenvalue weighted by Gasteiger charge is -2.17. The van der Waals surface area contributed by atoms with Gasteiger partial charge in [-0.1, -0.05) is 259 Å². The van der Waals surface area contributed by atoms with E-state index in [1.807, 2.05) is 18.2 Å². The minimum Gasteiger partial charge on any atom is -0.490 e. The molecule has 6 aromatic rings. The number of rotatable bonds is 52. The molecule has 2 aromatic heterocycles. The molecule has 4 aromatic carbocycles. The zero-order valence-electron chi connectivity index (χ0n) is 54.3. The number of benzene rings is 4. The van der Waals surface area contributed by atoms with E-state index in [9.17, 15) is 4.39 Å². The Morgan fingerprint density at radius 1 is 0.291 bits per heavy atom. The predicted octanol–water partition coefficient (Wildman–Crippen LogP) is 24.0. The lowest BCUT2D eigenvalue weighted by molar-refractivity contribution is 0.258. The van der Waals surface area contributed by atoms with Gasteiger partial charge in [0, 0.05) is 22.3 Å². The molecule has 474 valence electrons. The van der Waals surface area contributed by atoms with Gasteiger partial charge in [-0.05, 0) is 105 Å². The van der Waals surface area contributed by atoms with E-state index in [0.717, 1.165) is 91.2 Å². The smallest absolute Gasteiger partial charge is 0.248 e. The van der Waals surface area contributed by atoms with Crippen LogP contribution in [0.2, 0.25) is 0 Å². The second-order valence-corrected chi connectivity index (χ2v) is 24.5. The maximum Gasteiger partial charge on any atom is 0.248 e. The molecule has 6 rings (SSSR count). The van der Waals surface area contributed by atoms with E-state index < -0.39 is 0 Å². The molecule has 0 bridgehead atoms. The Labute approximate surface area is 520 Å². The normalized spacial score (nSPS) is 11.5. The number of unbranched alkanes of at least 4 members (excludes halogenated alkanes) is 36. The van der Waals surface area contributed by atoms with Gasteiger partial charge in [0.15, 0.2) is 23.0 Å². The molecule has 0 unspecified atom stereocenters. The Bertz CT molecular complexity index is 2690. The van der Waals surface area contributed by atoms with Crippen LogP contribution in [0.3, 0.4) is 0 Å². The summed E-state index contributed by atoms with van der Waals surface area (Å²) in [5.41, 5.74) is 5.92. The molecular formula is C76H113FN4O5. The lowest BCUT2D eigenvalue weighted by Crippen LogP contribution is -2.04. The molecule has 0 spiro atoms. The second-order valence-electron chi connectivity index (χ2n) is 24.5. The van der Waals surface area contributed by atoms with Crippen molar-refractivity contribution < 1.29 is 27.8 Å². The molecule has 0 aliphatic rings. The molecule has 86 heavy (non-hydrogen) atoms. The van der Waals surface area contributed by atoms with E-state index in [1.165, 1.54) is 218 Å². The number of aromatic nitrogens is 4. The van der Waals surface area contributed by atoms with Crippen LogP contribution in [0.25, 0.3) is 56.5 Å². The standard InChI is InChI=1S/C76H113FN4O5/c1-5-9-13-17-21-25-29-33-37-41-55-82-69-53-48-63(60-71(69)84-57-43-39-35-31-27-23-19-15-11-7-3)73-74(79-68-59-65(47-52-67(68)78-73)76-81-80-75(86-76)62-45-50-66(77)51-46-62)64-49-54-70(83-56-42-38-34-30-26-22-18-14-10-6-2)72(61-64)85-58-44-40-36-32-28-24-20-16-12-8-4/h45-54,59-61H,5-44,55-58H2,1-4H3. The summed E-state index contributed by atoms with van der Waals surface area (Å²) >= 11 is 0. The van der Waals surface area contributed by atoms with Crippen molar-refractivity contribution in [2.75, 3.05) is 26.4 Å². The second kappa shape index (κ2) is 44.0. The molecule has 0 fully saturated rings. The molecule has 2 heterocycles. The summed E-state index contributed by atoms with van der Waals surface area (Å²) in [6.45, 7) is 11.6. The van der Waals surface area contributed by atoms with Crippen molar-refractivity contribution in [1.29, 1.82) is 0 Å². The van der Waals surface area contributed by atoms with Gasteiger partial charge >= 0.3 is 0 Å². The average molecular weight is 1180 g/mol. The van der Waals surface area contributed by atoms with Gasteiger partial charge in [0.25, 0.3) is 0 Å². The number of nitrogens with zero attached hydrogens (tertiary/aromatic N) is 4. The fraction of sp³-hybridized carbons (Fsp3) is 0.632. The average Bonchev–Trinajstić information content (AvgIpc) is 2.76. The van der Waals surface area contributed by atoms with Crippen molar-refractivity contribution in [3.8, 4) is 68.4 Å². The molecule has 0 amide bonds. The predicted molar refractivity (Wildman–Crippen MR) is 358 cm³/mol. The van der Waals surface area contributed by atoms with E-state index in [0.29, 0.717) is 66.1 Å². The highest BCUT2D eigenvalue weighted by Crippen LogP contribution is 2.41. The lowest BCUT2D eigenvalue weighted by atomic mass is 10.0. The SMILES string of the molecule is CCCCCCCCCCCCOc1ccc(-c2nc3ccc(-c4nnc(-c5ccc(F)cc5)o4)cc3nc2-c2ccc(OCCCCCCCCCCCC)c(OCCCCCCCCCCCC)c2)cc1OCCCCCCCCCCCC. The summed E-state index contributed by atoms with van der Waals surface area (Å²) < 4.78 is 46.7. The monoisotopic (exact) mass is 1180 g/mol. The topological polar surface area (TPSA) is 102 Å². The van der Waals surface area contributed by atoms with Crippen molar-refractivity contribution in [2.45, 2.75) is 285 Å². The van der Waals surface area contributed by atoms with E-state index in [-0.39, 0.29) is 5.82 Å². The van der Waals surface area contributed by atoms with E-state index in [1.54, 1.807) is 12.1 Å². The number of fused-ring (bicyclic) bond motifs is 1. The van der Waals surface area contributed by atoms with Crippen molar-refractivity contribution in [3.63, 3.8) is 0 Å². The third-order valence-corrected chi connectivity index (χ3v) is 16.9. The number of hydrogen-bond acceptors (Lipinski definition) is 9. The van der Waals surface area contributed by atoms with Crippen LogP contribution in [0, 0.1) is 5.82 Å². The molecule has 0 aliphatic carbocycles. The fourth-order valence-corrected chi connectivity index (χ4v) is 11.5. The van der Waals surface area contributed by atoms with Crippen LogP contribution in [0.15, 0.2) is 83.3 Å². The zero-order valence-corrected chi connectivity index (χ0v) is 54.3. The van der Waals surface area contributed by atoms with Gasteiger partial charge in [-0.3, -0.25) is 0 Å². The largest absolute Gasteiger partial charge is 0.490 e. The summed E-state index contributed by atoms with van der Waals surface area (Å²) in [5, 5.41) is 8.73. The third-order valence-electron chi connectivity index (χ3n) is 16.9. The zero-order chi connectivity index (χ0) is 60.3. The number of hydrogen-bond donors (Lipinski definition) is 0. The van der Waals surface area contributed by atoms with Crippen LogP contribution in [-0.2, 0) is 0 Å². The molecule has 9 nitrogen and oxygen atoms in total. The highest BCUT2D eigenvalue weighted by Gasteiger charge is 2.20. The van der Waals surface area contributed by atoms with Crippen LogP contribution in [-0.4, -0.2) is 46.6 Å². The van der Waals surface area contributed by atoms with Gasteiger partial charge in [0.1, 0.15) is 5.82 Å². The molecule has 0 N–H and O–H groups in total. The van der Waals surface area contributed by atoms with Crippen molar-refractivity contribution in [2.24, 2.45) is 0 Å². The molecule has 0 aliphatic heterocycles. The quantitative estimate of drug-likeness (QED) is 0.0346. The van der Waals surface area contributed by atoms with Gasteiger partial charge in [0.05, 0.1) is 48.8 Å². The minimum absolute atomic E-state index is 0.310. The molecular weight excluding hydrogens is 1070 g/mol. The van der Waals surface area contributed by atoms with Gasteiger partial charge in [0.2, 0.25) is 11.8 Å². The molecule has 0 saturated carbocycles. The van der Waals surface area contributed by atoms with Gasteiger partial charge < -0.3 is 23.4 Å². The molecule has 0 radical (unpaired) electrons. The molecule has 0 saturated heterocycles. The van der Waals surface area contributed by atoms with Gasteiger partial charge in [-0.25, -0.2) is 14.4 Å². The van der Waals surface area contributed by atoms with Gasteiger partial charge in [-0.15, -0.1) is 10.2 Å². The summed E-state index contributed by atoms with van der Waals surface area (Å²) in [6, 6.07) is 24.5. The van der Waals surface area contributed by atoms with Crippen LogP contribution in [0.5, 0.6) is 23.0 Å². The van der Waals surface area contributed by atoms with Crippen LogP contribution < -0.4 is 18.9 Å². The van der Waals surface area contributed by atoms with Crippen molar-refractivity contribution in [3.05, 3.63) is 84.7 Å². The number of halogens is 1.